The second-order valence-electron chi connectivity index (χ2n) is 3.84. The number of nitrogens with one attached hydrogen (secondary N) is 1. The summed E-state index contributed by atoms with van der Waals surface area (Å²) in [5, 5.41) is 11.5. The number of carboxylic acid groups (broad SMARTS) is 1. The summed E-state index contributed by atoms with van der Waals surface area (Å²) in [5.74, 6) is -0.882. The van der Waals surface area contributed by atoms with Gasteiger partial charge in [-0.15, -0.1) is 0 Å². The minimum atomic E-state index is -0.882. The third-order valence-electron chi connectivity index (χ3n) is 2.11. The molecule has 1 fully saturated rings. The number of carbonyl (C=O) groups excluding carboxylic acids is 1. The standard InChI is InChI=1S/C8H14N2O3/c1-8(2,6(11)12)5-10-4-3-9-7(10)13/h3-5H2,1-2H3,(H,9,13)(H,11,12). The number of aliphatic carboxylic acids is 1. The fourth-order valence-corrected chi connectivity index (χ4v) is 1.21. The molecule has 1 aliphatic heterocycles. The first-order valence-corrected chi connectivity index (χ1v) is 4.20. The lowest BCUT2D eigenvalue weighted by molar-refractivity contribution is -0.147. The van der Waals surface area contributed by atoms with Crippen LogP contribution in [-0.2, 0) is 4.79 Å². The molecule has 1 heterocycles. The molecule has 0 aromatic rings. The largest absolute Gasteiger partial charge is 0.481 e. The first-order chi connectivity index (χ1) is 5.93. The summed E-state index contributed by atoms with van der Waals surface area (Å²) in [6.07, 6.45) is 0. The Labute approximate surface area is 76.7 Å². The van der Waals surface area contributed by atoms with Gasteiger partial charge in [-0.1, -0.05) is 0 Å². The van der Waals surface area contributed by atoms with E-state index in [0.29, 0.717) is 13.1 Å². The molecule has 0 unspecified atom stereocenters. The Morgan fingerprint density at radius 1 is 1.69 bits per heavy atom. The highest BCUT2D eigenvalue weighted by atomic mass is 16.4. The number of carboxylic acids is 1. The van der Waals surface area contributed by atoms with Crippen molar-refractivity contribution in [2.75, 3.05) is 19.6 Å². The van der Waals surface area contributed by atoms with Crippen molar-refractivity contribution >= 4 is 12.0 Å². The average molecular weight is 186 g/mol. The van der Waals surface area contributed by atoms with E-state index >= 15 is 0 Å². The van der Waals surface area contributed by atoms with Gasteiger partial charge in [-0.3, -0.25) is 4.79 Å². The average Bonchev–Trinajstić information content (AvgIpc) is 2.35. The maximum atomic E-state index is 11.1. The third kappa shape index (κ3) is 2.11. The third-order valence-corrected chi connectivity index (χ3v) is 2.11. The van der Waals surface area contributed by atoms with Crippen LogP contribution < -0.4 is 5.32 Å². The molecule has 0 radical (unpaired) electrons. The van der Waals surface area contributed by atoms with Gasteiger partial charge >= 0.3 is 12.0 Å². The highest BCUT2D eigenvalue weighted by molar-refractivity contribution is 5.78. The lowest BCUT2D eigenvalue weighted by Gasteiger charge is -2.25. The number of hydrogen-bond acceptors (Lipinski definition) is 2. The van der Waals surface area contributed by atoms with E-state index in [1.165, 1.54) is 4.90 Å². The van der Waals surface area contributed by atoms with E-state index < -0.39 is 11.4 Å². The molecule has 2 N–H and O–H groups in total. The van der Waals surface area contributed by atoms with Crippen LogP contribution in [-0.4, -0.2) is 41.6 Å². The van der Waals surface area contributed by atoms with Crippen LogP contribution in [0.1, 0.15) is 13.8 Å². The highest BCUT2D eigenvalue weighted by Crippen LogP contribution is 2.17. The Morgan fingerprint density at radius 2 is 2.31 bits per heavy atom. The van der Waals surface area contributed by atoms with Crippen LogP contribution in [0.2, 0.25) is 0 Å². The zero-order chi connectivity index (χ0) is 10.1. The first-order valence-electron chi connectivity index (χ1n) is 4.20. The first kappa shape index (κ1) is 9.83. The number of rotatable bonds is 3. The Kier molecular flexibility index (Phi) is 2.45. The highest BCUT2D eigenvalue weighted by Gasteiger charge is 2.33. The molecule has 0 saturated carbocycles. The second-order valence-corrected chi connectivity index (χ2v) is 3.84. The minimum Gasteiger partial charge on any atom is -0.481 e. The Bertz CT molecular complexity index is 238. The van der Waals surface area contributed by atoms with Crippen LogP contribution in [0.4, 0.5) is 4.79 Å². The number of nitrogens with zero attached hydrogens (tertiary/aromatic N) is 1. The van der Waals surface area contributed by atoms with Gasteiger partial charge in [-0.05, 0) is 13.8 Å². The molecule has 13 heavy (non-hydrogen) atoms. The smallest absolute Gasteiger partial charge is 0.317 e. The van der Waals surface area contributed by atoms with Gasteiger partial charge in [-0.2, -0.15) is 0 Å². The van der Waals surface area contributed by atoms with Gasteiger partial charge in [0, 0.05) is 19.6 Å². The molecule has 1 rings (SSSR count). The topological polar surface area (TPSA) is 69.6 Å². The summed E-state index contributed by atoms with van der Waals surface area (Å²) in [5.41, 5.74) is -0.873. The van der Waals surface area contributed by atoms with Crippen LogP contribution in [0.3, 0.4) is 0 Å². The Morgan fingerprint density at radius 3 is 2.69 bits per heavy atom. The van der Waals surface area contributed by atoms with E-state index in [-0.39, 0.29) is 12.6 Å². The number of urea groups is 1. The van der Waals surface area contributed by atoms with Crippen molar-refractivity contribution in [3.05, 3.63) is 0 Å². The van der Waals surface area contributed by atoms with Crippen molar-refractivity contribution in [2.45, 2.75) is 13.8 Å². The SMILES string of the molecule is CC(C)(CN1CCNC1=O)C(=O)O. The molecule has 74 valence electrons. The quantitative estimate of drug-likeness (QED) is 0.657. The number of carbonyl (C=O) groups is 2. The van der Waals surface area contributed by atoms with Crippen molar-refractivity contribution in [3.63, 3.8) is 0 Å². The minimum absolute atomic E-state index is 0.172. The Balaban J connectivity index is 2.57. The summed E-state index contributed by atoms with van der Waals surface area (Å²) in [4.78, 5) is 23.4. The molecule has 0 aromatic heterocycles. The zero-order valence-corrected chi connectivity index (χ0v) is 7.83. The molecule has 5 heteroatoms. The van der Waals surface area contributed by atoms with E-state index in [1.54, 1.807) is 13.8 Å². The maximum Gasteiger partial charge on any atom is 0.317 e. The van der Waals surface area contributed by atoms with Crippen LogP contribution in [0.5, 0.6) is 0 Å². The van der Waals surface area contributed by atoms with Crippen LogP contribution in [0.15, 0.2) is 0 Å². The summed E-state index contributed by atoms with van der Waals surface area (Å²) >= 11 is 0. The summed E-state index contributed by atoms with van der Waals surface area (Å²) in [7, 11) is 0. The molecule has 0 aromatic carbocycles. The molecule has 0 atom stereocenters. The van der Waals surface area contributed by atoms with Crippen LogP contribution in [0.25, 0.3) is 0 Å². The maximum absolute atomic E-state index is 11.1. The lowest BCUT2D eigenvalue weighted by atomic mass is 9.93. The molecule has 2 amide bonds. The van der Waals surface area contributed by atoms with E-state index in [0.717, 1.165) is 0 Å². The molecule has 1 saturated heterocycles. The number of hydrogen-bond donors (Lipinski definition) is 2. The second kappa shape index (κ2) is 3.24. The van der Waals surface area contributed by atoms with Crippen molar-refractivity contribution in [3.8, 4) is 0 Å². The zero-order valence-electron chi connectivity index (χ0n) is 7.83. The molecule has 0 spiro atoms. The molecule has 1 aliphatic rings. The summed E-state index contributed by atoms with van der Waals surface area (Å²) in [6, 6.07) is -0.172. The molecule has 0 aliphatic carbocycles. The van der Waals surface area contributed by atoms with Crippen LogP contribution >= 0.6 is 0 Å². The predicted octanol–water partition coefficient (Wildman–Crippen LogP) is 0.122. The van der Waals surface area contributed by atoms with E-state index in [4.69, 9.17) is 5.11 Å². The number of amides is 2. The normalized spacial score (nSPS) is 17.4. The fourth-order valence-electron chi connectivity index (χ4n) is 1.21. The molecular weight excluding hydrogens is 172 g/mol. The van der Waals surface area contributed by atoms with Gasteiger partial charge in [0.1, 0.15) is 0 Å². The van der Waals surface area contributed by atoms with Gasteiger partial charge in [0.2, 0.25) is 0 Å². The van der Waals surface area contributed by atoms with Gasteiger partial charge in [-0.25, -0.2) is 4.79 Å². The fraction of sp³-hybridized carbons (Fsp3) is 0.750. The van der Waals surface area contributed by atoms with Crippen molar-refractivity contribution in [1.82, 2.24) is 10.2 Å². The Hall–Kier alpha value is -1.26. The van der Waals surface area contributed by atoms with Gasteiger partial charge in [0.15, 0.2) is 0 Å². The lowest BCUT2D eigenvalue weighted by Crippen LogP contribution is -2.40. The van der Waals surface area contributed by atoms with E-state index in [2.05, 4.69) is 5.32 Å². The molecule has 5 nitrogen and oxygen atoms in total. The van der Waals surface area contributed by atoms with Gasteiger partial charge in [0.05, 0.1) is 5.41 Å². The van der Waals surface area contributed by atoms with Crippen molar-refractivity contribution in [2.24, 2.45) is 5.41 Å². The van der Waals surface area contributed by atoms with Crippen molar-refractivity contribution in [1.29, 1.82) is 0 Å². The summed E-state index contributed by atoms with van der Waals surface area (Å²) < 4.78 is 0. The summed E-state index contributed by atoms with van der Waals surface area (Å²) in [6.45, 7) is 4.68. The molecule has 0 bridgehead atoms. The van der Waals surface area contributed by atoms with Gasteiger partial charge < -0.3 is 15.3 Å². The van der Waals surface area contributed by atoms with Gasteiger partial charge in [0.25, 0.3) is 0 Å². The van der Waals surface area contributed by atoms with Crippen LogP contribution in [0, 0.1) is 5.41 Å². The van der Waals surface area contributed by atoms with Crippen molar-refractivity contribution < 1.29 is 14.7 Å². The predicted molar refractivity (Wildman–Crippen MR) is 46.4 cm³/mol. The van der Waals surface area contributed by atoms with E-state index in [9.17, 15) is 9.59 Å². The monoisotopic (exact) mass is 186 g/mol. The molecular formula is C8H14N2O3. The van der Waals surface area contributed by atoms with E-state index in [1.807, 2.05) is 0 Å².